The summed E-state index contributed by atoms with van der Waals surface area (Å²) in [5.74, 6) is -0.953. The van der Waals surface area contributed by atoms with E-state index in [-0.39, 0.29) is 5.57 Å². The van der Waals surface area contributed by atoms with Crippen LogP contribution in [-0.4, -0.2) is 11.1 Å². The summed E-state index contributed by atoms with van der Waals surface area (Å²) >= 11 is 0. The number of aliphatic carboxylic acids is 1. The standard InChI is InChI=1S/C7H10O2/c1-4-5(2)6(3)7(8)9/h4H,3H2,1-2H3,(H,8,9). The van der Waals surface area contributed by atoms with Crippen LogP contribution in [0.5, 0.6) is 0 Å². The van der Waals surface area contributed by atoms with E-state index in [0.29, 0.717) is 5.57 Å². The molecule has 0 saturated carbocycles. The third kappa shape index (κ3) is 2.13. The van der Waals surface area contributed by atoms with Gasteiger partial charge in [0.05, 0.1) is 5.57 Å². The normalized spacial score (nSPS) is 11.1. The van der Waals surface area contributed by atoms with Gasteiger partial charge in [0, 0.05) is 0 Å². The Balaban J connectivity index is 4.23. The highest BCUT2D eigenvalue weighted by Gasteiger charge is 2.02. The van der Waals surface area contributed by atoms with Crippen LogP contribution in [0.25, 0.3) is 0 Å². The van der Waals surface area contributed by atoms with Crippen LogP contribution in [0.15, 0.2) is 23.8 Å². The highest BCUT2D eigenvalue weighted by atomic mass is 16.4. The van der Waals surface area contributed by atoms with Crippen LogP contribution in [0.4, 0.5) is 0 Å². The van der Waals surface area contributed by atoms with Gasteiger partial charge in [-0.3, -0.25) is 0 Å². The fraction of sp³-hybridized carbons (Fsp3) is 0.286. The summed E-state index contributed by atoms with van der Waals surface area (Å²) in [6.07, 6.45) is 1.72. The molecule has 0 heterocycles. The van der Waals surface area contributed by atoms with Crippen LogP contribution in [0, 0.1) is 0 Å². The van der Waals surface area contributed by atoms with Crippen LogP contribution in [0.1, 0.15) is 13.8 Å². The quantitative estimate of drug-likeness (QED) is 0.450. The number of hydrogen-bond acceptors (Lipinski definition) is 1. The van der Waals surface area contributed by atoms with E-state index < -0.39 is 5.97 Å². The minimum Gasteiger partial charge on any atom is -0.478 e. The lowest BCUT2D eigenvalue weighted by molar-refractivity contribution is -0.132. The van der Waals surface area contributed by atoms with E-state index in [2.05, 4.69) is 6.58 Å². The molecule has 2 heteroatoms. The summed E-state index contributed by atoms with van der Waals surface area (Å²) in [6, 6.07) is 0. The van der Waals surface area contributed by atoms with E-state index in [0.717, 1.165) is 0 Å². The summed E-state index contributed by atoms with van der Waals surface area (Å²) in [6.45, 7) is 6.86. The van der Waals surface area contributed by atoms with E-state index in [1.54, 1.807) is 19.9 Å². The first-order valence-corrected chi connectivity index (χ1v) is 2.65. The predicted octanol–water partition coefficient (Wildman–Crippen LogP) is 1.59. The van der Waals surface area contributed by atoms with Crippen molar-refractivity contribution in [3.63, 3.8) is 0 Å². The Bertz CT molecular complexity index is 166. The van der Waals surface area contributed by atoms with Crippen molar-refractivity contribution in [2.75, 3.05) is 0 Å². The third-order valence-corrected chi connectivity index (χ3v) is 1.17. The number of carboxylic acids is 1. The zero-order chi connectivity index (χ0) is 7.44. The maximum absolute atomic E-state index is 10.2. The summed E-state index contributed by atoms with van der Waals surface area (Å²) in [4.78, 5) is 10.2. The Morgan fingerprint density at radius 1 is 1.67 bits per heavy atom. The third-order valence-electron chi connectivity index (χ3n) is 1.17. The molecule has 9 heavy (non-hydrogen) atoms. The summed E-state index contributed by atoms with van der Waals surface area (Å²) in [7, 11) is 0. The Morgan fingerprint density at radius 2 is 2.11 bits per heavy atom. The van der Waals surface area contributed by atoms with Gasteiger partial charge < -0.3 is 5.11 Å². The molecule has 0 aliphatic heterocycles. The highest BCUT2D eigenvalue weighted by molar-refractivity contribution is 5.90. The van der Waals surface area contributed by atoms with Crippen molar-refractivity contribution < 1.29 is 9.90 Å². The Hall–Kier alpha value is -1.05. The van der Waals surface area contributed by atoms with Gasteiger partial charge in [-0.2, -0.15) is 0 Å². The summed E-state index contributed by atoms with van der Waals surface area (Å²) in [5.41, 5.74) is 0.875. The number of allylic oxidation sites excluding steroid dienone is 1. The van der Waals surface area contributed by atoms with Gasteiger partial charge in [0.25, 0.3) is 0 Å². The molecule has 0 saturated heterocycles. The second kappa shape index (κ2) is 3.07. The minimum atomic E-state index is -0.953. The molecular weight excluding hydrogens is 116 g/mol. The Morgan fingerprint density at radius 3 is 2.22 bits per heavy atom. The minimum absolute atomic E-state index is 0.164. The summed E-state index contributed by atoms with van der Waals surface area (Å²) in [5, 5.41) is 8.34. The van der Waals surface area contributed by atoms with Crippen molar-refractivity contribution in [2.45, 2.75) is 13.8 Å². The van der Waals surface area contributed by atoms with Gasteiger partial charge in [-0.05, 0) is 19.4 Å². The molecule has 0 aromatic heterocycles. The maximum Gasteiger partial charge on any atom is 0.335 e. The molecule has 0 aliphatic rings. The fourth-order valence-electron chi connectivity index (χ4n) is 0.343. The molecule has 50 valence electrons. The highest BCUT2D eigenvalue weighted by Crippen LogP contribution is 2.04. The van der Waals surface area contributed by atoms with Gasteiger partial charge in [-0.25, -0.2) is 4.79 Å². The second-order valence-electron chi connectivity index (χ2n) is 1.76. The van der Waals surface area contributed by atoms with Crippen LogP contribution >= 0.6 is 0 Å². The van der Waals surface area contributed by atoms with E-state index in [1.165, 1.54) is 0 Å². The largest absolute Gasteiger partial charge is 0.478 e. The predicted molar refractivity (Wildman–Crippen MR) is 36.2 cm³/mol. The van der Waals surface area contributed by atoms with Gasteiger partial charge in [-0.15, -0.1) is 0 Å². The first-order valence-electron chi connectivity index (χ1n) is 2.65. The lowest BCUT2D eigenvalue weighted by Crippen LogP contribution is -1.99. The first-order chi connectivity index (χ1) is 4.09. The topological polar surface area (TPSA) is 37.3 Å². The molecule has 2 nitrogen and oxygen atoms in total. The van der Waals surface area contributed by atoms with Gasteiger partial charge in [0.1, 0.15) is 0 Å². The van der Waals surface area contributed by atoms with Crippen molar-refractivity contribution in [1.29, 1.82) is 0 Å². The molecule has 0 atom stereocenters. The van der Waals surface area contributed by atoms with Gasteiger partial charge in [0.2, 0.25) is 0 Å². The molecule has 1 N–H and O–H groups in total. The van der Waals surface area contributed by atoms with Crippen molar-refractivity contribution in [3.05, 3.63) is 23.8 Å². The Kier molecular flexibility index (Phi) is 2.71. The van der Waals surface area contributed by atoms with Crippen LogP contribution in [0.3, 0.4) is 0 Å². The molecule has 0 rings (SSSR count). The first kappa shape index (κ1) is 7.95. The number of hydrogen-bond donors (Lipinski definition) is 1. The molecular formula is C7H10O2. The zero-order valence-corrected chi connectivity index (χ0v) is 5.64. The molecule has 0 amide bonds. The number of carbonyl (C=O) groups is 1. The van der Waals surface area contributed by atoms with Crippen LogP contribution in [0.2, 0.25) is 0 Å². The molecule has 0 aliphatic carbocycles. The average Bonchev–Trinajstić information content (AvgIpc) is 1.84. The second-order valence-corrected chi connectivity index (χ2v) is 1.76. The molecule has 0 unspecified atom stereocenters. The van der Waals surface area contributed by atoms with E-state index >= 15 is 0 Å². The van der Waals surface area contributed by atoms with Gasteiger partial charge in [-0.1, -0.05) is 12.7 Å². The molecule has 0 bridgehead atoms. The number of carboxylic acid groups (broad SMARTS) is 1. The van der Waals surface area contributed by atoms with Crippen molar-refractivity contribution >= 4 is 5.97 Å². The molecule has 0 aromatic carbocycles. The van der Waals surface area contributed by atoms with Crippen molar-refractivity contribution in [2.24, 2.45) is 0 Å². The monoisotopic (exact) mass is 126 g/mol. The average molecular weight is 126 g/mol. The molecule has 0 aromatic rings. The van der Waals surface area contributed by atoms with E-state index in [4.69, 9.17) is 5.11 Å². The smallest absolute Gasteiger partial charge is 0.335 e. The van der Waals surface area contributed by atoms with Gasteiger partial charge >= 0.3 is 5.97 Å². The maximum atomic E-state index is 10.2. The number of rotatable bonds is 2. The van der Waals surface area contributed by atoms with Crippen molar-refractivity contribution in [1.82, 2.24) is 0 Å². The molecule has 0 fully saturated rings. The van der Waals surface area contributed by atoms with Gasteiger partial charge in [0.15, 0.2) is 0 Å². The molecule has 0 radical (unpaired) electrons. The SMILES string of the molecule is C=C(C(=O)O)C(C)=CC. The zero-order valence-electron chi connectivity index (χ0n) is 5.64. The molecule has 0 spiro atoms. The fourth-order valence-corrected chi connectivity index (χ4v) is 0.343. The lowest BCUT2D eigenvalue weighted by Gasteiger charge is -1.95. The van der Waals surface area contributed by atoms with Crippen LogP contribution < -0.4 is 0 Å². The van der Waals surface area contributed by atoms with Crippen molar-refractivity contribution in [3.8, 4) is 0 Å². The lowest BCUT2D eigenvalue weighted by atomic mass is 10.1. The van der Waals surface area contributed by atoms with Crippen LogP contribution in [-0.2, 0) is 4.79 Å². The van der Waals surface area contributed by atoms with E-state index in [1.807, 2.05) is 0 Å². The van der Waals surface area contributed by atoms with E-state index in [9.17, 15) is 4.79 Å². The Labute approximate surface area is 54.5 Å². The summed E-state index contributed by atoms with van der Waals surface area (Å²) < 4.78 is 0.